The summed E-state index contributed by atoms with van der Waals surface area (Å²) in [4.78, 5) is 54.7. The SMILES string of the molecule is CCCCCCON(C(=O)[C@@H](CC(=O)[C@H]1CCCCN1C)[C@@H](C)CC)[C@H](C[C@@H](O[Si](C)(C)C(C)(C)C)c1nc(C(=O)OCC)cs1)C(C)C. The third kappa shape index (κ3) is 12.8. The second-order valence-corrected chi connectivity index (χ2v) is 21.6. The van der Waals surface area contributed by atoms with Gasteiger partial charge in [-0.3, -0.25) is 19.3 Å². The number of hydrogen-bond acceptors (Lipinski definition) is 9. The minimum absolute atomic E-state index is 0.00901. The minimum Gasteiger partial charge on any atom is -0.461 e. The van der Waals surface area contributed by atoms with E-state index < -0.39 is 26.3 Å². The molecule has 2 heterocycles. The molecule has 1 amide bonds. The first-order chi connectivity index (χ1) is 23.0. The molecule has 49 heavy (non-hydrogen) atoms. The fraction of sp³-hybridized carbons (Fsp3) is 0.842. The van der Waals surface area contributed by atoms with Gasteiger partial charge >= 0.3 is 5.97 Å². The molecule has 1 saturated heterocycles. The maximum atomic E-state index is 14.9. The Morgan fingerprint density at radius 2 is 1.78 bits per heavy atom. The molecule has 0 unspecified atom stereocenters. The van der Waals surface area contributed by atoms with E-state index in [0.29, 0.717) is 18.0 Å². The number of esters is 1. The van der Waals surface area contributed by atoms with Crippen molar-refractivity contribution < 1.29 is 28.4 Å². The zero-order valence-electron chi connectivity index (χ0n) is 32.9. The lowest BCUT2D eigenvalue weighted by Crippen LogP contribution is -2.50. The number of carbonyl (C=O) groups is 3. The first-order valence-electron chi connectivity index (χ1n) is 19.0. The number of ether oxygens (including phenoxy) is 1. The zero-order valence-corrected chi connectivity index (χ0v) is 34.7. The highest BCUT2D eigenvalue weighted by Gasteiger charge is 2.43. The molecule has 1 aliphatic rings. The summed E-state index contributed by atoms with van der Waals surface area (Å²) < 4.78 is 12.3. The van der Waals surface area contributed by atoms with Crippen LogP contribution in [0.4, 0.5) is 0 Å². The number of aromatic nitrogens is 1. The van der Waals surface area contributed by atoms with Crippen LogP contribution in [0.3, 0.4) is 0 Å². The molecule has 0 aromatic carbocycles. The topological polar surface area (TPSA) is 98.3 Å². The molecule has 1 aromatic rings. The molecule has 5 atom stereocenters. The van der Waals surface area contributed by atoms with Crippen molar-refractivity contribution in [3.63, 3.8) is 0 Å². The number of hydrogen-bond donors (Lipinski definition) is 0. The predicted octanol–water partition coefficient (Wildman–Crippen LogP) is 9.24. The summed E-state index contributed by atoms with van der Waals surface area (Å²) in [7, 11) is -0.299. The van der Waals surface area contributed by atoms with E-state index in [-0.39, 0.29) is 59.4 Å². The van der Waals surface area contributed by atoms with Gasteiger partial charge in [0.25, 0.3) is 0 Å². The smallest absolute Gasteiger partial charge is 0.357 e. The molecule has 1 aromatic heterocycles. The lowest BCUT2D eigenvalue weighted by atomic mass is 9.83. The van der Waals surface area contributed by atoms with E-state index in [0.717, 1.165) is 57.9 Å². The Kier molecular flexibility index (Phi) is 18.1. The van der Waals surface area contributed by atoms with Crippen LogP contribution in [-0.2, 0) is 23.6 Å². The van der Waals surface area contributed by atoms with E-state index in [1.807, 2.05) is 7.05 Å². The highest BCUT2D eigenvalue weighted by Crippen LogP contribution is 2.42. The van der Waals surface area contributed by atoms with Crippen LogP contribution in [-0.4, -0.2) is 79.8 Å². The standard InChI is InChI=1S/C38H69N3O6SSi/c1-13-16-17-20-23-46-41(36(43)29(28(6)14-2)24-33(42)31-21-18-19-22-40(31)10)32(27(4)5)25-34(47-49(11,12)38(7,8)9)35-39-30(26-48-35)37(44)45-15-3/h26-29,31-32,34H,13-25H2,1-12H3/t28-,29-,31+,32+,34+/m0/s1. The second kappa shape index (κ2) is 20.4. The number of piperidine rings is 1. The number of ketones is 1. The molecular formula is C38H69N3O6SSi. The summed E-state index contributed by atoms with van der Waals surface area (Å²) in [5, 5.41) is 3.99. The van der Waals surface area contributed by atoms with E-state index in [4.69, 9.17) is 19.0 Å². The van der Waals surface area contributed by atoms with Crippen LogP contribution in [0.5, 0.6) is 0 Å². The van der Waals surface area contributed by atoms with Crippen molar-refractivity contribution in [1.29, 1.82) is 0 Å². The van der Waals surface area contributed by atoms with Crippen LogP contribution in [0.15, 0.2) is 5.38 Å². The lowest BCUT2D eigenvalue weighted by molar-refractivity contribution is -0.215. The average Bonchev–Trinajstić information content (AvgIpc) is 3.53. The van der Waals surface area contributed by atoms with Crippen LogP contribution in [0.1, 0.15) is 148 Å². The number of rotatable bonds is 21. The summed E-state index contributed by atoms with van der Waals surface area (Å²) in [5.41, 5.74) is 0.273. The summed E-state index contributed by atoms with van der Waals surface area (Å²) in [6.07, 6.45) is 8.07. The van der Waals surface area contributed by atoms with Gasteiger partial charge in [0.2, 0.25) is 5.91 Å². The highest BCUT2D eigenvalue weighted by molar-refractivity contribution is 7.09. The predicted molar refractivity (Wildman–Crippen MR) is 202 cm³/mol. The molecule has 0 saturated carbocycles. The van der Waals surface area contributed by atoms with E-state index in [1.54, 1.807) is 17.4 Å². The van der Waals surface area contributed by atoms with Crippen LogP contribution in [0, 0.1) is 17.8 Å². The molecule has 0 spiro atoms. The number of amides is 1. The first kappa shape index (κ1) is 43.5. The molecule has 9 nitrogen and oxygen atoms in total. The monoisotopic (exact) mass is 723 g/mol. The van der Waals surface area contributed by atoms with Crippen LogP contribution >= 0.6 is 11.3 Å². The number of likely N-dealkylation sites (tertiary alicyclic amines) is 1. The van der Waals surface area contributed by atoms with Gasteiger partial charge in [-0.15, -0.1) is 11.3 Å². The van der Waals surface area contributed by atoms with Crippen molar-refractivity contribution in [3.05, 3.63) is 16.1 Å². The van der Waals surface area contributed by atoms with Gasteiger partial charge in [-0.2, -0.15) is 0 Å². The molecule has 0 radical (unpaired) electrons. The maximum absolute atomic E-state index is 14.9. The van der Waals surface area contributed by atoms with Crippen LogP contribution in [0.25, 0.3) is 0 Å². The third-order valence-electron chi connectivity index (χ3n) is 10.7. The molecule has 11 heteroatoms. The lowest BCUT2D eigenvalue weighted by Gasteiger charge is -2.42. The number of likely N-dealkylation sites (N-methyl/N-ethyl adjacent to an activating group) is 1. The number of thiazole rings is 1. The Bertz CT molecular complexity index is 1170. The zero-order chi connectivity index (χ0) is 36.9. The van der Waals surface area contributed by atoms with E-state index in [2.05, 4.69) is 73.4 Å². The summed E-state index contributed by atoms with van der Waals surface area (Å²) in [6.45, 7) is 25.0. The van der Waals surface area contributed by atoms with E-state index in [1.165, 1.54) is 11.3 Å². The third-order valence-corrected chi connectivity index (χ3v) is 16.1. The Balaban J connectivity index is 2.56. The molecule has 0 aliphatic carbocycles. The van der Waals surface area contributed by atoms with Crippen molar-refractivity contribution >= 4 is 37.3 Å². The average molecular weight is 724 g/mol. The minimum atomic E-state index is -2.32. The number of nitrogens with zero attached hydrogens (tertiary/aromatic N) is 3. The number of Topliss-reactive ketones (excluding diaryl/α,β-unsaturated/α-hetero) is 1. The van der Waals surface area contributed by atoms with Gasteiger partial charge in [-0.05, 0) is 69.7 Å². The molecule has 282 valence electrons. The number of carbonyl (C=O) groups excluding carboxylic acids is 3. The van der Waals surface area contributed by atoms with Gasteiger partial charge in [-0.1, -0.05) is 87.5 Å². The fourth-order valence-electron chi connectivity index (χ4n) is 6.15. The number of unbranched alkanes of at least 4 members (excludes halogenated alkanes) is 3. The Morgan fingerprint density at radius 1 is 1.08 bits per heavy atom. The molecule has 0 N–H and O–H groups in total. The summed E-state index contributed by atoms with van der Waals surface area (Å²) in [6, 6.07) is -0.485. The van der Waals surface area contributed by atoms with Crippen molar-refractivity contribution in [2.45, 2.75) is 163 Å². The van der Waals surface area contributed by atoms with Crippen molar-refractivity contribution in [1.82, 2.24) is 14.9 Å². The molecular weight excluding hydrogens is 655 g/mol. The summed E-state index contributed by atoms with van der Waals surface area (Å²) >= 11 is 1.39. The quantitative estimate of drug-likeness (QED) is 0.0536. The van der Waals surface area contributed by atoms with E-state index >= 15 is 0 Å². The van der Waals surface area contributed by atoms with Crippen molar-refractivity contribution in [2.75, 3.05) is 26.8 Å². The van der Waals surface area contributed by atoms with Gasteiger partial charge in [0.15, 0.2) is 19.8 Å². The molecule has 1 aliphatic heterocycles. The van der Waals surface area contributed by atoms with Gasteiger partial charge < -0.3 is 9.16 Å². The Morgan fingerprint density at radius 3 is 2.35 bits per heavy atom. The normalized spacial score (nSPS) is 18.6. The van der Waals surface area contributed by atoms with E-state index in [9.17, 15) is 14.4 Å². The Labute approximate surface area is 303 Å². The molecule has 2 rings (SSSR count). The fourth-order valence-corrected chi connectivity index (χ4v) is 8.34. The number of hydroxylamine groups is 2. The van der Waals surface area contributed by atoms with Gasteiger partial charge in [0.1, 0.15) is 5.01 Å². The van der Waals surface area contributed by atoms with Crippen molar-refractivity contribution in [3.8, 4) is 0 Å². The van der Waals surface area contributed by atoms with Crippen LogP contribution in [0.2, 0.25) is 18.1 Å². The molecule has 0 bridgehead atoms. The molecule has 1 fully saturated rings. The van der Waals surface area contributed by atoms with Crippen LogP contribution < -0.4 is 0 Å². The van der Waals surface area contributed by atoms with Crippen molar-refractivity contribution in [2.24, 2.45) is 17.8 Å². The highest BCUT2D eigenvalue weighted by atomic mass is 32.1. The maximum Gasteiger partial charge on any atom is 0.357 e. The summed E-state index contributed by atoms with van der Waals surface area (Å²) in [5.74, 6) is -0.874. The largest absolute Gasteiger partial charge is 0.461 e. The van der Waals surface area contributed by atoms with Gasteiger partial charge in [0.05, 0.1) is 31.4 Å². The second-order valence-electron chi connectivity index (χ2n) is 15.9. The Hall–Kier alpha value is -1.66. The first-order valence-corrected chi connectivity index (χ1v) is 22.8. The van der Waals surface area contributed by atoms with Gasteiger partial charge in [-0.25, -0.2) is 14.8 Å². The van der Waals surface area contributed by atoms with Gasteiger partial charge in [0, 0.05) is 24.1 Å².